The summed E-state index contributed by atoms with van der Waals surface area (Å²) in [5, 5.41) is 3.18. The van der Waals surface area contributed by atoms with Gasteiger partial charge < -0.3 is 10.1 Å². The third-order valence-corrected chi connectivity index (χ3v) is 5.18. The van der Waals surface area contributed by atoms with Crippen LogP contribution in [0.4, 0.5) is 0 Å². The largest absolute Gasteiger partial charge is 0.375 e. The van der Waals surface area contributed by atoms with E-state index in [-0.39, 0.29) is 17.4 Å². The molecule has 2 unspecified atom stereocenters. The molecule has 1 saturated carbocycles. The molecule has 4 nitrogen and oxygen atoms in total. The van der Waals surface area contributed by atoms with Gasteiger partial charge in [-0.05, 0) is 45.1 Å². The monoisotopic (exact) mass is 261 g/mol. The van der Waals surface area contributed by atoms with E-state index in [4.69, 9.17) is 4.74 Å². The van der Waals surface area contributed by atoms with Crippen molar-refractivity contribution >= 4 is 9.84 Å². The van der Waals surface area contributed by atoms with Gasteiger partial charge in [0.15, 0.2) is 0 Å². The summed E-state index contributed by atoms with van der Waals surface area (Å²) in [6.45, 7) is 0.784. The van der Waals surface area contributed by atoms with Crippen molar-refractivity contribution in [3.8, 4) is 0 Å². The molecular weight excluding hydrogens is 238 g/mol. The highest BCUT2D eigenvalue weighted by atomic mass is 32.2. The van der Waals surface area contributed by atoms with Gasteiger partial charge in [0.05, 0.1) is 11.4 Å². The smallest absolute Gasteiger partial charge is 0.148 e. The lowest BCUT2D eigenvalue weighted by Crippen LogP contribution is -2.51. The molecule has 0 amide bonds. The van der Waals surface area contributed by atoms with E-state index in [9.17, 15) is 8.42 Å². The Morgan fingerprint density at radius 1 is 1.47 bits per heavy atom. The van der Waals surface area contributed by atoms with Crippen LogP contribution in [0.2, 0.25) is 0 Å². The molecule has 0 radical (unpaired) electrons. The molecule has 1 aliphatic heterocycles. The second-order valence-corrected chi connectivity index (χ2v) is 7.81. The predicted molar refractivity (Wildman–Crippen MR) is 67.8 cm³/mol. The van der Waals surface area contributed by atoms with Crippen molar-refractivity contribution in [2.75, 3.05) is 25.7 Å². The van der Waals surface area contributed by atoms with Gasteiger partial charge in [-0.2, -0.15) is 0 Å². The van der Waals surface area contributed by atoms with Gasteiger partial charge in [-0.15, -0.1) is 0 Å². The molecule has 0 aromatic heterocycles. The Hall–Kier alpha value is -0.130. The van der Waals surface area contributed by atoms with Crippen molar-refractivity contribution in [1.29, 1.82) is 0 Å². The van der Waals surface area contributed by atoms with Crippen LogP contribution in [-0.2, 0) is 14.6 Å². The number of hydrogen-bond acceptors (Lipinski definition) is 4. The van der Waals surface area contributed by atoms with E-state index >= 15 is 0 Å². The van der Waals surface area contributed by atoms with Gasteiger partial charge in [0.25, 0.3) is 0 Å². The molecule has 1 heterocycles. The second-order valence-electron chi connectivity index (χ2n) is 5.63. The van der Waals surface area contributed by atoms with E-state index in [1.165, 1.54) is 12.7 Å². The number of ether oxygens (including phenoxy) is 1. The molecule has 1 N–H and O–H groups in total. The van der Waals surface area contributed by atoms with Crippen LogP contribution in [-0.4, -0.2) is 45.7 Å². The van der Waals surface area contributed by atoms with Crippen LogP contribution in [0.3, 0.4) is 0 Å². The van der Waals surface area contributed by atoms with Crippen LogP contribution in [0.15, 0.2) is 0 Å². The van der Waals surface area contributed by atoms with Gasteiger partial charge in [0.1, 0.15) is 9.84 Å². The molecule has 1 aliphatic carbocycles. The molecule has 1 spiro atoms. The number of rotatable bonds is 4. The molecule has 2 fully saturated rings. The highest BCUT2D eigenvalue weighted by Crippen LogP contribution is 2.45. The third-order valence-electron chi connectivity index (χ3n) is 4.22. The maximum absolute atomic E-state index is 11.4. The van der Waals surface area contributed by atoms with Crippen molar-refractivity contribution in [3.63, 3.8) is 0 Å². The topological polar surface area (TPSA) is 55.4 Å². The standard InChI is InChI=1S/C12H23NO3S/c1-13-11(9-17(2,14)15)10-4-7-16-12(8-10)5-3-6-12/h10-11,13H,3-9H2,1-2H3. The summed E-state index contributed by atoms with van der Waals surface area (Å²) in [6, 6.07) is 0.0753. The molecule has 0 aromatic carbocycles. The van der Waals surface area contributed by atoms with Gasteiger partial charge in [-0.3, -0.25) is 0 Å². The van der Waals surface area contributed by atoms with Crippen molar-refractivity contribution in [2.45, 2.75) is 43.7 Å². The lowest BCUT2D eigenvalue weighted by Gasteiger charge is -2.48. The van der Waals surface area contributed by atoms with E-state index in [0.29, 0.717) is 5.92 Å². The maximum Gasteiger partial charge on any atom is 0.148 e. The summed E-state index contributed by atoms with van der Waals surface area (Å²) < 4.78 is 28.7. The lowest BCUT2D eigenvalue weighted by molar-refractivity contribution is -0.146. The number of hydrogen-bond donors (Lipinski definition) is 1. The molecule has 5 heteroatoms. The second kappa shape index (κ2) is 4.86. The quantitative estimate of drug-likeness (QED) is 0.819. The molecule has 100 valence electrons. The maximum atomic E-state index is 11.4. The fraction of sp³-hybridized carbons (Fsp3) is 1.00. The first-order valence-corrected chi connectivity index (χ1v) is 8.49. The molecule has 1 saturated heterocycles. The van der Waals surface area contributed by atoms with E-state index < -0.39 is 9.84 Å². The molecule has 2 atom stereocenters. The first-order chi connectivity index (χ1) is 7.94. The van der Waals surface area contributed by atoms with E-state index in [0.717, 1.165) is 32.3 Å². The predicted octanol–water partition coefficient (Wildman–Crippen LogP) is 0.968. The zero-order valence-corrected chi connectivity index (χ0v) is 11.6. The van der Waals surface area contributed by atoms with E-state index in [2.05, 4.69) is 5.32 Å². The molecule has 17 heavy (non-hydrogen) atoms. The molecular formula is C12H23NO3S. The summed E-state index contributed by atoms with van der Waals surface area (Å²) in [6.07, 6.45) is 6.87. The Balaban J connectivity index is 1.99. The van der Waals surface area contributed by atoms with Crippen molar-refractivity contribution < 1.29 is 13.2 Å². The van der Waals surface area contributed by atoms with Crippen molar-refractivity contribution in [2.24, 2.45) is 5.92 Å². The first-order valence-electron chi connectivity index (χ1n) is 6.43. The minimum Gasteiger partial charge on any atom is -0.375 e. The highest BCUT2D eigenvalue weighted by molar-refractivity contribution is 7.90. The van der Waals surface area contributed by atoms with Crippen molar-refractivity contribution in [1.82, 2.24) is 5.32 Å². The zero-order chi connectivity index (χ0) is 12.5. The van der Waals surface area contributed by atoms with Gasteiger partial charge in [0, 0.05) is 18.9 Å². The van der Waals surface area contributed by atoms with Gasteiger partial charge in [-0.1, -0.05) is 0 Å². The number of sulfone groups is 1. The Morgan fingerprint density at radius 2 is 2.18 bits per heavy atom. The van der Waals surface area contributed by atoms with Crippen LogP contribution in [0.1, 0.15) is 32.1 Å². The summed E-state index contributed by atoms with van der Waals surface area (Å²) in [5.41, 5.74) is 0.0928. The summed E-state index contributed by atoms with van der Waals surface area (Å²) >= 11 is 0. The average molecular weight is 261 g/mol. The van der Waals surface area contributed by atoms with Crippen LogP contribution < -0.4 is 5.32 Å². The van der Waals surface area contributed by atoms with Crippen LogP contribution in [0, 0.1) is 5.92 Å². The summed E-state index contributed by atoms with van der Waals surface area (Å²) in [7, 11) is -1.05. The third kappa shape index (κ3) is 3.20. The minimum atomic E-state index is -2.91. The number of nitrogens with one attached hydrogen (secondary N) is 1. The van der Waals surface area contributed by atoms with E-state index in [1.807, 2.05) is 7.05 Å². The fourth-order valence-electron chi connectivity index (χ4n) is 3.11. The fourth-order valence-corrected chi connectivity index (χ4v) is 4.20. The Bertz CT molecular complexity index is 362. The molecule has 2 aliphatic rings. The Labute approximate surface area is 104 Å². The minimum absolute atomic E-state index is 0.0753. The average Bonchev–Trinajstić information content (AvgIpc) is 2.23. The van der Waals surface area contributed by atoms with Gasteiger partial charge in [0.2, 0.25) is 0 Å². The normalized spacial score (nSPS) is 29.9. The van der Waals surface area contributed by atoms with Crippen LogP contribution in [0.5, 0.6) is 0 Å². The highest BCUT2D eigenvalue weighted by Gasteiger charge is 2.44. The molecule has 0 bridgehead atoms. The van der Waals surface area contributed by atoms with Gasteiger partial charge in [-0.25, -0.2) is 8.42 Å². The summed E-state index contributed by atoms with van der Waals surface area (Å²) in [5.74, 6) is 0.674. The van der Waals surface area contributed by atoms with Gasteiger partial charge >= 0.3 is 0 Å². The zero-order valence-electron chi connectivity index (χ0n) is 10.7. The van der Waals surface area contributed by atoms with Crippen LogP contribution in [0.25, 0.3) is 0 Å². The summed E-state index contributed by atoms with van der Waals surface area (Å²) in [4.78, 5) is 0. The van der Waals surface area contributed by atoms with Crippen molar-refractivity contribution in [3.05, 3.63) is 0 Å². The molecule has 2 rings (SSSR count). The SMILES string of the molecule is CNC(CS(C)(=O)=O)C1CCOC2(CCC2)C1. The Kier molecular flexibility index (Phi) is 3.80. The Morgan fingerprint density at radius 3 is 2.65 bits per heavy atom. The van der Waals surface area contributed by atoms with E-state index in [1.54, 1.807) is 0 Å². The first kappa shape index (κ1) is 13.3. The molecule has 0 aromatic rings. The van der Waals surface area contributed by atoms with Crippen LogP contribution >= 0.6 is 0 Å². The lowest BCUT2D eigenvalue weighted by atomic mass is 9.70.